The molecule has 4 nitrogen and oxygen atoms in total. The van der Waals surface area contributed by atoms with Crippen molar-refractivity contribution in [1.29, 1.82) is 0 Å². The van der Waals surface area contributed by atoms with Gasteiger partial charge in [-0.1, -0.05) is 15.9 Å². The molecule has 5 heteroatoms. The third-order valence-electron chi connectivity index (χ3n) is 1.51. The summed E-state index contributed by atoms with van der Waals surface area (Å²) < 4.78 is 0.874. The van der Waals surface area contributed by atoms with Crippen LogP contribution in [0.3, 0.4) is 0 Å². The van der Waals surface area contributed by atoms with Crippen molar-refractivity contribution in [2.75, 3.05) is 13.2 Å². The maximum atomic E-state index is 9.40. The molecule has 0 saturated heterocycles. The molecule has 0 fully saturated rings. The fraction of sp³-hybridized carbons (Fsp3) is 0.222. The van der Waals surface area contributed by atoms with Crippen LogP contribution in [0.25, 0.3) is 0 Å². The number of nitrogens with zero attached hydrogens (tertiary/aromatic N) is 1. The van der Waals surface area contributed by atoms with Gasteiger partial charge in [0.2, 0.25) is 0 Å². The zero-order valence-electron chi connectivity index (χ0n) is 7.44. The Balaban J connectivity index is 2.65. The topological polar surface area (TPSA) is 64.8 Å². The van der Waals surface area contributed by atoms with Gasteiger partial charge in [0.25, 0.3) is 0 Å². The molecule has 0 atom stereocenters. The Morgan fingerprint density at radius 2 is 2.29 bits per heavy atom. The standard InChI is InChI=1S/C9H11BrN2O2/c10-8-1-2-9(14)7(5-8)6-12-11-3-4-13/h1-2,5-6,11,13-14H,3-4H2/b12-6+. The van der Waals surface area contributed by atoms with E-state index in [4.69, 9.17) is 5.11 Å². The highest BCUT2D eigenvalue weighted by Crippen LogP contribution is 2.19. The third-order valence-corrected chi connectivity index (χ3v) is 2.00. The fourth-order valence-electron chi connectivity index (χ4n) is 0.859. The zero-order chi connectivity index (χ0) is 10.4. The quantitative estimate of drug-likeness (QED) is 0.430. The van der Waals surface area contributed by atoms with Crippen molar-refractivity contribution in [1.82, 2.24) is 5.43 Å². The second kappa shape index (κ2) is 5.62. The third kappa shape index (κ3) is 3.35. The van der Waals surface area contributed by atoms with Gasteiger partial charge in [0.15, 0.2) is 0 Å². The largest absolute Gasteiger partial charge is 0.507 e. The molecule has 0 aliphatic rings. The smallest absolute Gasteiger partial charge is 0.124 e. The van der Waals surface area contributed by atoms with Crippen LogP contribution >= 0.6 is 15.9 Å². The molecule has 1 aromatic rings. The Bertz CT molecular complexity index is 329. The summed E-state index contributed by atoms with van der Waals surface area (Å²) in [6.07, 6.45) is 1.50. The molecule has 3 N–H and O–H groups in total. The van der Waals surface area contributed by atoms with E-state index in [0.717, 1.165) is 4.47 Å². The normalized spacial score (nSPS) is 10.7. The molecule has 76 valence electrons. The molecule has 0 heterocycles. The SMILES string of the molecule is OCCN/N=C/c1cc(Br)ccc1O. The van der Waals surface area contributed by atoms with Gasteiger partial charge < -0.3 is 15.6 Å². The van der Waals surface area contributed by atoms with E-state index in [2.05, 4.69) is 26.5 Å². The first kappa shape index (κ1) is 11.0. The Labute approximate surface area is 90.4 Å². The van der Waals surface area contributed by atoms with Crippen molar-refractivity contribution >= 4 is 22.1 Å². The summed E-state index contributed by atoms with van der Waals surface area (Å²) in [5, 5.41) is 21.7. The van der Waals surface area contributed by atoms with E-state index in [9.17, 15) is 5.11 Å². The van der Waals surface area contributed by atoms with E-state index in [0.29, 0.717) is 12.1 Å². The van der Waals surface area contributed by atoms with Crippen LogP contribution in [0.15, 0.2) is 27.8 Å². The average Bonchev–Trinajstić information content (AvgIpc) is 2.18. The number of aliphatic hydroxyl groups excluding tert-OH is 1. The Hall–Kier alpha value is -1.07. The minimum atomic E-state index is 0.0296. The van der Waals surface area contributed by atoms with Crippen LogP contribution in [0.1, 0.15) is 5.56 Å². The molecule has 0 saturated carbocycles. The van der Waals surface area contributed by atoms with Crippen molar-refractivity contribution in [3.63, 3.8) is 0 Å². The number of halogens is 1. The van der Waals surface area contributed by atoms with Gasteiger partial charge in [-0.3, -0.25) is 0 Å². The van der Waals surface area contributed by atoms with Crippen LogP contribution in [0.2, 0.25) is 0 Å². The number of hydrogen-bond donors (Lipinski definition) is 3. The predicted molar refractivity (Wildman–Crippen MR) is 58.5 cm³/mol. The fourth-order valence-corrected chi connectivity index (χ4v) is 1.24. The number of aliphatic hydroxyl groups is 1. The highest BCUT2D eigenvalue weighted by molar-refractivity contribution is 9.10. The van der Waals surface area contributed by atoms with Gasteiger partial charge in [-0.05, 0) is 18.2 Å². The van der Waals surface area contributed by atoms with E-state index >= 15 is 0 Å². The van der Waals surface area contributed by atoms with Crippen molar-refractivity contribution in [2.45, 2.75) is 0 Å². The van der Waals surface area contributed by atoms with E-state index in [1.54, 1.807) is 18.2 Å². The number of hydrogen-bond acceptors (Lipinski definition) is 4. The van der Waals surface area contributed by atoms with Gasteiger partial charge in [-0.2, -0.15) is 5.10 Å². The van der Waals surface area contributed by atoms with E-state index in [1.165, 1.54) is 6.21 Å². The minimum Gasteiger partial charge on any atom is -0.507 e. The molecule has 0 spiro atoms. The average molecular weight is 259 g/mol. The van der Waals surface area contributed by atoms with Gasteiger partial charge in [0.1, 0.15) is 5.75 Å². The first-order valence-electron chi connectivity index (χ1n) is 4.09. The van der Waals surface area contributed by atoms with Gasteiger partial charge in [-0.15, -0.1) is 0 Å². The summed E-state index contributed by atoms with van der Waals surface area (Å²) in [4.78, 5) is 0. The van der Waals surface area contributed by atoms with E-state index in [-0.39, 0.29) is 12.4 Å². The summed E-state index contributed by atoms with van der Waals surface area (Å²) in [6.45, 7) is 0.424. The Morgan fingerprint density at radius 1 is 1.50 bits per heavy atom. The second-order valence-electron chi connectivity index (χ2n) is 2.59. The van der Waals surface area contributed by atoms with Crippen LogP contribution in [-0.2, 0) is 0 Å². The lowest BCUT2D eigenvalue weighted by Gasteiger charge is -1.99. The number of phenolic OH excluding ortho intramolecular Hbond substituents is 1. The van der Waals surface area contributed by atoms with E-state index in [1.807, 2.05) is 0 Å². The molecule has 1 aromatic carbocycles. The molecule has 0 aliphatic carbocycles. The Morgan fingerprint density at radius 3 is 3.00 bits per heavy atom. The highest BCUT2D eigenvalue weighted by Gasteiger charge is 1.97. The van der Waals surface area contributed by atoms with Crippen molar-refractivity contribution in [3.8, 4) is 5.75 Å². The van der Waals surface area contributed by atoms with Crippen LogP contribution in [0.4, 0.5) is 0 Å². The lowest BCUT2D eigenvalue weighted by atomic mass is 10.2. The molecule has 0 unspecified atom stereocenters. The molecule has 1 rings (SSSR count). The Kier molecular flexibility index (Phi) is 4.42. The second-order valence-corrected chi connectivity index (χ2v) is 3.51. The number of nitrogens with one attached hydrogen (secondary N) is 1. The number of benzene rings is 1. The predicted octanol–water partition coefficient (Wildman–Crippen LogP) is 1.07. The molecule has 14 heavy (non-hydrogen) atoms. The molecule has 0 bridgehead atoms. The summed E-state index contributed by atoms with van der Waals surface area (Å²) in [7, 11) is 0. The number of rotatable bonds is 4. The zero-order valence-corrected chi connectivity index (χ0v) is 9.03. The summed E-state index contributed by atoms with van der Waals surface area (Å²) in [5.41, 5.74) is 3.24. The van der Waals surface area contributed by atoms with Gasteiger partial charge >= 0.3 is 0 Å². The van der Waals surface area contributed by atoms with Crippen LogP contribution < -0.4 is 5.43 Å². The first-order chi connectivity index (χ1) is 6.74. The number of phenols is 1. The number of aromatic hydroxyl groups is 1. The monoisotopic (exact) mass is 258 g/mol. The van der Waals surface area contributed by atoms with Crippen molar-refractivity contribution in [3.05, 3.63) is 28.2 Å². The molecule has 0 amide bonds. The van der Waals surface area contributed by atoms with Crippen molar-refractivity contribution in [2.24, 2.45) is 5.10 Å². The molecular weight excluding hydrogens is 248 g/mol. The lowest BCUT2D eigenvalue weighted by molar-refractivity contribution is 0.294. The van der Waals surface area contributed by atoms with Gasteiger partial charge in [0, 0.05) is 10.0 Å². The lowest BCUT2D eigenvalue weighted by Crippen LogP contribution is -2.11. The summed E-state index contributed by atoms with van der Waals surface area (Å²) in [5.74, 6) is 0.169. The van der Waals surface area contributed by atoms with Crippen molar-refractivity contribution < 1.29 is 10.2 Å². The molecule has 0 aliphatic heterocycles. The first-order valence-corrected chi connectivity index (χ1v) is 4.88. The summed E-state index contributed by atoms with van der Waals surface area (Å²) in [6, 6.07) is 5.07. The van der Waals surface area contributed by atoms with E-state index < -0.39 is 0 Å². The maximum Gasteiger partial charge on any atom is 0.124 e. The molecule has 0 radical (unpaired) electrons. The van der Waals surface area contributed by atoms with Crippen LogP contribution in [0, 0.1) is 0 Å². The number of hydrazone groups is 1. The minimum absolute atomic E-state index is 0.0296. The van der Waals surface area contributed by atoms with Gasteiger partial charge in [-0.25, -0.2) is 0 Å². The molecular formula is C9H11BrN2O2. The molecule has 0 aromatic heterocycles. The van der Waals surface area contributed by atoms with Gasteiger partial charge in [0.05, 0.1) is 19.4 Å². The highest BCUT2D eigenvalue weighted by atomic mass is 79.9. The van der Waals surface area contributed by atoms with Crippen LogP contribution in [-0.4, -0.2) is 29.6 Å². The van der Waals surface area contributed by atoms with Crippen LogP contribution in [0.5, 0.6) is 5.75 Å². The maximum absolute atomic E-state index is 9.40. The summed E-state index contributed by atoms with van der Waals surface area (Å²) >= 11 is 3.29.